The Morgan fingerprint density at radius 2 is 2.10 bits per heavy atom. The predicted octanol–water partition coefficient (Wildman–Crippen LogP) is 4.53. The minimum absolute atomic E-state index is 0.333. The van der Waals surface area contributed by atoms with E-state index in [9.17, 15) is 0 Å². The summed E-state index contributed by atoms with van der Waals surface area (Å²) >= 11 is 1.69. The van der Waals surface area contributed by atoms with E-state index in [1.165, 1.54) is 25.0 Å². The summed E-state index contributed by atoms with van der Waals surface area (Å²) in [4.78, 5) is 7.97. The van der Waals surface area contributed by atoms with Crippen LogP contribution in [0.3, 0.4) is 0 Å². The first-order valence-corrected chi connectivity index (χ1v) is 9.05. The Labute approximate surface area is 130 Å². The van der Waals surface area contributed by atoms with Crippen LogP contribution in [0.5, 0.6) is 0 Å². The van der Waals surface area contributed by atoms with E-state index < -0.39 is 0 Å². The van der Waals surface area contributed by atoms with Crippen LogP contribution in [0.1, 0.15) is 54.5 Å². The second-order valence-corrected chi connectivity index (χ2v) is 7.76. The van der Waals surface area contributed by atoms with Gasteiger partial charge in [0.1, 0.15) is 0 Å². The minimum Gasteiger partial charge on any atom is -0.337 e. The SMILES string of the molecule is CSc1ncc([C@@H]2[C@@H](c3cccc4c3CCC4)C2(C)C)[nH]1. The Bertz CT molecular complexity index is 686. The van der Waals surface area contributed by atoms with Crippen LogP contribution in [0, 0.1) is 5.41 Å². The van der Waals surface area contributed by atoms with E-state index in [0.717, 1.165) is 5.16 Å². The van der Waals surface area contributed by atoms with Crippen molar-refractivity contribution in [1.29, 1.82) is 0 Å². The first kappa shape index (κ1) is 13.4. The van der Waals surface area contributed by atoms with Crippen molar-refractivity contribution in [2.24, 2.45) is 5.41 Å². The Morgan fingerprint density at radius 1 is 1.24 bits per heavy atom. The maximum absolute atomic E-state index is 4.47. The van der Waals surface area contributed by atoms with Crippen molar-refractivity contribution in [3.8, 4) is 0 Å². The Kier molecular flexibility index (Phi) is 2.97. The zero-order valence-electron chi connectivity index (χ0n) is 12.9. The molecule has 1 fully saturated rings. The average molecular weight is 298 g/mol. The van der Waals surface area contributed by atoms with Crippen LogP contribution in [0.25, 0.3) is 0 Å². The number of rotatable bonds is 3. The lowest BCUT2D eigenvalue weighted by Crippen LogP contribution is -1.95. The van der Waals surface area contributed by atoms with Crippen LogP contribution in [-0.4, -0.2) is 16.2 Å². The smallest absolute Gasteiger partial charge is 0.165 e. The van der Waals surface area contributed by atoms with Crippen molar-refractivity contribution in [3.63, 3.8) is 0 Å². The van der Waals surface area contributed by atoms with E-state index in [1.807, 2.05) is 6.20 Å². The molecular weight excluding hydrogens is 276 g/mol. The van der Waals surface area contributed by atoms with Gasteiger partial charge in [0.2, 0.25) is 0 Å². The minimum atomic E-state index is 0.333. The summed E-state index contributed by atoms with van der Waals surface area (Å²) < 4.78 is 0. The Hall–Kier alpha value is -1.22. The monoisotopic (exact) mass is 298 g/mol. The normalized spacial score (nSPS) is 25.9. The third kappa shape index (κ3) is 1.97. The van der Waals surface area contributed by atoms with Gasteiger partial charge in [-0.3, -0.25) is 0 Å². The molecule has 2 aliphatic carbocycles. The molecular formula is C18H22N2S. The van der Waals surface area contributed by atoms with Gasteiger partial charge >= 0.3 is 0 Å². The number of nitrogens with one attached hydrogen (secondary N) is 1. The number of aromatic nitrogens is 2. The van der Waals surface area contributed by atoms with E-state index in [0.29, 0.717) is 17.3 Å². The molecule has 0 unspecified atom stereocenters. The van der Waals surface area contributed by atoms with Crippen molar-refractivity contribution >= 4 is 11.8 Å². The number of hydrogen-bond acceptors (Lipinski definition) is 2. The van der Waals surface area contributed by atoms with Gasteiger partial charge in [-0.2, -0.15) is 0 Å². The maximum atomic E-state index is 4.47. The standard InChI is InChI=1S/C18H22N2S/c1-18(2)15(16(18)14-10-19-17(20-14)21-3)13-9-5-7-11-6-4-8-12(11)13/h5,7,9-10,15-16H,4,6,8H2,1-3H3,(H,19,20)/t15-,16-/m1/s1. The highest BCUT2D eigenvalue weighted by molar-refractivity contribution is 7.98. The van der Waals surface area contributed by atoms with Gasteiger partial charge in [-0.05, 0) is 53.5 Å². The number of aryl methyl sites for hydroxylation is 1. The second-order valence-electron chi connectivity index (χ2n) is 6.96. The Morgan fingerprint density at radius 3 is 2.86 bits per heavy atom. The lowest BCUT2D eigenvalue weighted by atomic mass is 9.96. The molecule has 4 rings (SSSR count). The van der Waals surface area contributed by atoms with Gasteiger partial charge in [0.05, 0.1) is 0 Å². The van der Waals surface area contributed by atoms with Gasteiger partial charge in [-0.1, -0.05) is 43.8 Å². The zero-order chi connectivity index (χ0) is 14.6. The number of aromatic amines is 1. The zero-order valence-corrected chi connectivity index (χ0v) is 13.8. The van der Waals surface area contributed by atoms with Gasteiger partial charge in [0.15, 0.2) is 5.16 Å². The summed E-state index contributed by atoms with van der Waals surface area (Å²) in [5.74, 6) is 1.22. The highest BCUT2D eigenvalue weighted by Crippen LogP contribution is 2.70. The van der Waals surface area contributed by atoms with Crippen molar-refractivity contribution in [3.05, 3.63) is 46.8 Å². The van der Waals surface area contributed by atoms with Crippen molar-refractivity contribution in [2.45, 2.75) is 50.1 Å². The molecule has 1 heterocycles. The molecule has 3 heteroatoms. The number of hydrogen-bond donors (Lipinski definition) is 1. The number of benzene rings is 1. The molecule has 2 atom stereocenters. The fraction of sp³-hybridized carbons (Fsp3) is 0.500. The largest absolute Gasteiger partial charge is 0.337 e. The molecule has 110 valence electrons. The highest BCUT2D eigenvalue weighted by atomic mass is 32.2. The van der Waals surface area contributed by atoms with Crippen molar-refractivity contribution in [2.75, 3.05) is 6.26 Å². The summed E-state index contributed by atoms with van der Waals surface area (Å²) in [5.41, 5.74) is 6.47. The number of fused-ring (bicyclic) bond motifs is 1. The van der Waals surface area contributed by atoms with E-state index in [4.69, 9.17) is 0 Å². The molecule has 0 radical (unpaired) electrons. The molecule has 1 saturated carbocycles. The van der Waals surface area contributed by atoms with E-state index in [-0.39, 0.29) is 0 Å². The number of thioether (sulfide) groups is 1. The van der Waals surface area contributed by atoms with E-state index in [1.54, 1.807) is 28.5 Å². The number of nitrogens with zero attached hydrogens (tertiary/aromatic N) is 1. The quantitative estimate of drug-likeness (QED) is 0.844. The van der Waals surface area contributed by atoms with Crippen molar-refractivity contribution in [1.82, 2.24) is 9.97 Å². The molecule has 1 N–H and O–H groups in total. The van der Waals surface area contributed by atoms with Crippen molar-refractivity contribution < 1.29 is 0 Å². The topological polar surface area (TPSA) is 28.7 Å². The van der Waals surface area contributed by atoms with Crippen LogP contribution in [0.15, 0.2) is 29.6 Å². The fourth-order valence-corrected chi connectivity index (χ4v) is 4.70. The van der Waals surface area contributed by atoms with Crippen LogP contribution in [0.4, 0.5) is 0 Å². The third-order valence-electron chi connectivity index (χ3n) is 5.45. The summed E-state index contributed by atoms with van der Waals surface area (Å²) in [6.07, 6.45) is 7.97. The van der Waals surface area contributed by atoms with Gasteiger partial charge in [0, 0.05) is 17.8 Å². The van der Waals surface area contributed by atoms with Gasteiger partial charge in [0.25, 0.3) is 0 Å². The summed E-state index contributed by atoms with van der Waals surface area (Å²) in [7, 11) is 0. The number of imidazole rings is 1. The van der Waals surface area contributed by atoms with E-state index >= 15 is 0 Å². The summed E-state index contributed by atoms with van der Waals surface area (Å²) in [5, 5.41) is 1.03. The average Bonchev–Trinajstić information content (AvgIpc) is 2.92. The summed E-state index contributed by atoms with van der Waals surface area (Å²) in [6, 6.07) is 6.94. The molecule has 0 amide bonds. The molecule has 21 heavy (non-hydrogen) atoms. The molecule has 0 saturated heterocycles. The molecule has 0 bridgehead atoms. The van der Waals surface area contributed by atoms with Crippen LogP contribution < -0.4 is 0 Å². The van der Waals surface area contributed by atoms with Crippen LogP contribution in [0.2, 0.25) is 0 Å². The third-order valence-corrected chi connectivity index (χ3v) is 6.04. The molecule has 0 aliphatic heterocycles. The molecule has 2 aliphatic rings. The summed E-state index contributed by atoms with van der Waals surface area (Å²) in [6.45, 7) is 4.80. The number of H-pyrrole nitrogens is 1. The molecule has 2 aromatic rings. The maximum Gasteiger partial charge on any atom is 0.165 e. The van der Waals surface area contributed by atoms with Gasteiger partial charge in [-0.25, -0.2) is 4.98 Å². The van der Waals surface area contributed by atoms with Crippen LogP contribution >= 0.6 is 11.8 Å². The van der Waals surface area contributed by atoms with Crippen LogP contribution in [-0.2, 0) is 12.8 Å². The first-order chi connectivity index (χ1) is 10.1. The molecule has 1 aromatic carbocycles. The molecule has 1 aromatic heterocycles. The van der Waals surface area contributed by atoms with E-state index in [2.05, 4.69) is 48.3 Å². The molecule has 0 spiro atoms. The Balaban J connectivity index is 1.72. The van der Waals surface area contributed by atoms with Gasteiger partial charge in [-0.15, -0.1) is 0 Å². The fourth-order valence-electron chi connectivity index (χ4n) is 4.32. The lowest BCUT2D eigenvalue weighted by Gasteiger charge is -2.09. The first-order valence-electron chi connectivity index (χ1n) is 7.82. The highest BCUT2D eigenvalue weighted by Gasteiger charge is 2.60. The predicted molar refractivity (Wildman–Crippen MR) is 88.1 cm³/mol. The lowest BCUT2D eigenvalue weighted by molar-refractivity contribution is 0.597. The molecule has 2 nitrogen and oxygen atoms in total. The second kappa shape index (κ2) is 4.64. The van der Waals surface area contributed by atoms with Gasteiger partial charge < -0.3 is 4.98 Å².